The number of carbonyl (C=O) groups is 1. The molecule has 1 spiro atoms. The van der Waals surface area contributed by atoms with Crippen LogP contribution in [0, 0.1) is 12.8 Å². The molecule has 1 aromatic rings. The molecule has 3 atom stereocenters. The number of rotatable bonds is 3. The van der Waals surface area contributed by atoms with Crippen molar-refractivity contribution in [2.45, 2.75) is 50.9 Å². The molecular weight excluding hydrogens is 284 g/mol. The van der Waals surface area contributed by atoms with Gasteiger partial charge in [-0.25, -0.2) is 0 Å². The van der Waals surface area contributed by atoms with E-state index in [4.69, 9.17) is 4.74 Å². The highest BCUT2D eigenvalue weighted by atomic mass is 32.1. The van der Waals surface area contributed by atoms with Crippen molar-refractivity contribution in [3.63, 3.8) is 0 Å². The quantitative estimate of drug-likeness (QED) is 0.932. The first-order valence-corrected chi connectivity index (χ1v) is 8.67. The lowest BCUT2D eigenvalue weighted by Crippen LogP contribution is -2.43. The largest absolute Gasteiger partial charge is 0.381 e. The van der Waals surface area contributed by atoms with Crippen LogP contribution < -0.4 is 5.32 Å². The van der Waals surface area contributed by atoms with E-state index in [2.05, 4.69) is 36.2 Å². The van der Waals surface area contributed by atoms with Gasteiger partial charge in [0.15, 0.2) is 0 Å². The predicted octanol–water partition coefficient (Wildman–Crippen LogP) is 2.44. The number of amides is 1. The Morgan fingerprint density at radius 2 is 2.29 bits per heavy atom. The second kappa shape index (κ2) is 4.80. The van der Waals surface area contributed by atoms with Gasteiger partial charge in [0.1, 0.15) is 11.7 Å². The Balaban J connectivity index is 1.65. The van der Waals surface area contributed by atoms with E-state index in [-0.39, 0.29) is 17.7 Å². The SMILES string of the molecule is Cc1ccc(C2NC3(CC3)C(=O)N2C(C)C2CCOC2)s1. The van der Waals surface area contributed by atoms with Gasteiger partial charge in [0.05, 0.1) is 6.61 Å². The molecule has 5 heteroatoms. The monoisotopic (exact) mass is 306 g/mol. The molecule has 2 saturated heterocycles. The molecule has 1 aliphatic carbocycles. The Kier molecular flexibility index (Phi) is 3.14. The minimum atomic E-state index is -0.254. The van der Waals surface area contributed by atoms with Crippen molar-refractivity contribution < 1.29 is 9.53 Å². The van der Waals surface area contributed by atoms with Gasteiger partial charge in [-0.1, -0.05) is 0 Å². The maximum atomic E-state index is 12.9. The zero-order valence-electron chi connectivity index (χ0n) is 12.6. The molecule has 2 aliphatic heterocycles. The Morgan fingerprint density at radius 1 is 1.48 bits per heavy atom. The number of aryl methyl sites for hydroxylation is 1. The van der Waals surface area contributed by atoms with Crippen molar-refractivity contribution in [2.75, 3.05) is 13.2 Å². The predicted molar refractivity (Wildman–Crippen MR) is 82.1 cm³/mol. The fraction of sp³-hybridized carbons (Fsp3) is 0.688. The van der Waals surface area contributed by atoms with E-state index in [1.165, 1.54) is 9.75 Å². The molecule has 1 amide bonds. The number of thiophene rings is 1. The summed E-state index contributed by atoms with van der Waals surface area (Å²) in [6, 6.07) is 4.54. The van der Waals surface area contributed by atoms with Gasteiger partial charge in [0.2, 0.25) is 5.91 Å². The smallest absolute Gasteiger partial charge is 0.244 e. The maximum Gasteiger partial charge on any atom is 0.244 e. The minimum absolute atomic E-state index is 0.0503. The summed E-state index contributed by atoms with van der Waals surface area (Å²) < 4.78 is 5.53. The molecule has 1 N–H and O–H groups in total. The van der Waals surface area contributed by atoms with Gasteiger partial charge in [0.25, 0.3) is 0 Å². The van der Waals surface area contributed by atoms with E-state index in [1.54, 1.807) is 11.3 Å². The molecule has 4 nitrogen and oxygen atoms in total. The molecule has 3 fully saturated rings. The molecular formula is C16H22N2O2S. The number of nitrogens with one attached hydrogen (secondary N) is 1. The Labute approximate surface area is 129 Å². The molecule has 0 bridgehead atoms. The van der Waals surface area contributed by atoms with Crippen molar-refractivity contribution >= 4 is 17.2 Å². The van der Waals surface area contributed by atoms with Crippen LogP contribution in [0.2, 0.25) is 0 Å². The molecule has 21 heavy (non-hydrogen) atoms. The summed E-state index contributed by atoms with van der Waals surface area (Å²) in [6.45, 7) is 5.93. The van der Waals surface area contributed by atoms with Crippen LogP contribution in [-0.2, 0) is 9.53 Å². The van der Waals surface area contributed by atoms with E-state index in [1.807, 2.05) is 0 Å². The Hall–Kier alpha value is -0.910. The van der Waals surface area contributed by atoms with Gasteiger partial charge >= 0.3 is 0 Å². The zero-order chi connectivity index (χ0) is 14.6. The van der Waals surface area contributed by atoms with Crippen molar-refractivity contribution in [3.8, 4) is 0 Å². The molecule has 4 rings (SSSR count). The standard InChI is InChI=1S/C16H22N2O2S/c1-10-3-4-13(21-10)14-17-16(6-7-16)15(19)18(14)11(2)12-5-8-20-9-12/h3-4,11-12,14,17H,5-9H2,1-2H3. The van der Waals surface area contributed by atoms with Gasteiger partial charge in [-0.3, -0.25) is 10.1 Å². The molecule has 1 saturated carbocycles. The van der Waals surface area contributed by atoms with Gasteiger partial charge in [-0.2, -0.15) is 0 Å². The summed E-state index contributed by atoms with van der Waals surface area (Å²) >= 11 is 1.79. The van der Waals surface area contributed by atoms with Crippen LogP contribution in [-0.4, -0.2) is 35.6 Å². The van der Waals surface area contributed by atoms with Gasteiger partial charge in [0, 0.05) is 28.3 Å². The lowest BCUT2D eigenvalue weighted by molar-refractivity contribution is -0.133. The van der Waals surface area contributed by atoms with Gasteiger partial charge in [-0.15, -0.1) is 11.3 Å². The van der Waals surface area contributed by atoms with E-state index < -0.39 is 0 Å². The first-order valence-electron chi connectivity index (χ1n) is 7.85. The van der Waals surface area contributed by atoms with Crippen molar-refractivity contribution in [2.24, 2.45) is 5.92 Å². The topological polar surface area (TPSA) is 41.6 Å². The second-order valence-electron chi connectivity index (χ2n) is 6.65. The number of nitrogens with zero attached hydrogens (tertiary/aromatic N) is 1. The molecule has 3 heterocycles. The number of hydrogen-bond acceptors (Lipinski definition) is 4. The Morgan fingerprint density at radius 3 is 2.86 bits per heavy atom. The summed E-state index contributed by atoms with van der Waals surface area (Å²) in [4.78, 5) is 17.6. The lowest BCUT2D eigenvalue weighted by Gasteiger charge is -2.33. The highest BCUT2D eigenvalue weighted by molar-refractivity contribution is 7.12. The molecule has 0 radical (unpaired) electrons. The minimum Gasteiger partial charge on any atom is -0.381 e. The molecule has 1 aromatic heterocycles. The van der Waals surface area contributed by atoms with E-state index >= 15 is 0 Å². The zero-order valence-corrected chi connectivity index (χ0v) is 13.4. The summed E-state index contributed by atoms with van der Waals surface area (Å²) in [5, 5.41) is 3.62. The highest BCUT2D eigenvalue weighted by Crippen LogP contribution is 2.48. The van der Waals surface area contributed by atoms with Crippen LogP contribution in [0.1, 0.15) is 42.1 Å². The van der Waals surface area contributed by atoms with Crippen molar-refractivity contribution in [1.82, 2.24) is 10.2 Å². The normalized spacial score (nSPS) is 32.1. The summed E-state index contributed by atoms with van der Waals surface area (Å²) in [5.41, 5.74) is -0.254. The van der Waals surface area contributed by atoms with E-state index in [0.717, 1.165) is 32.5 Å². The average molecular weight is 306 g/mol. The molecule has 114 valence electrons. The maximum absolute atomic E-state index is 12.9. The highest BCUT2D eigenvalue weighted by Gasteiger charge is 2.60. The molecule has 0 aromatic carbocycles. The summed E-state index contributed by atoms with van der Waals surface area (Å²) in [5.74, 6) is 0.770. The first kappa shape index (κ1) is 13.7. The average Bonchev–Trinajstić information content (AvgIpc) is 2.84. The number of ether oxygens (including phenoxy) is 1. The van der Waals surface area contributed by atoms with Crippen LogP contribution in [0.25, 0.3) is 0 Å². The van der Waals surface area contributed by atoms with E-state index in [0.29, 0.717) is 11.8 Å². The third-order valence-corrected chi connectivity index (χ3v) is 6.25. The summed E-state index contributed by atoms with van der Waals surface area (Å²) in [6.07, 6.45) is 3.08. The van der Waals surface area contributed by atoms with Gasteiger partial charge < -0.3 is 9.64 Å². The molecule has 3 aliphatic rings. The van der Waals surface area contributed by atoms with Crippen LogP contribution in [0.15, 0.2) is 12.1 Å². The van der Waals surface area contributed by atoms with Gasteiger partial charge in [-0.05, 0) is 45.2 Å². The summed E-state index contributed by atoms with van der Waals surface area (Å²) in [7, 11) is 0. The van der Waals surface area contributed by atoms with Crippen molar-refractivity contribution in [1.29, 1.82) is 0 Å². The van der Waals surface area contributed by atoms with Crippen LogP contribution >= 0.6 is 11.3 Å². The van der Waals surface area contributed by atoms with Crippen LogP contribution in [0.4, 0.5) is 0 Å². The Bertz CT molecular complexity index is 560. The van der Waals surface area contributed by atoms with Crippen LogP contribution in [0.3, 0.4) is 0 Å². The van der Waals surface area contributed by atoms with E-state index in [9.17, 15) is 4.79 Å². The third kappa shape index (κ3) is 2.14. The fourth-order valence-corrected chi connectivity index (χ4v) is 4.56. The third-order valence-electron chi connectivity index (χ3n) is 5.20. The molecule has 3 unspecified atom stereocenters. The lowest BCUT2D eigenvalue weighted by atomic mass is 9.98. The number of carbonyl (C=O) groups excluding carboxylic acids is 1. The van der Waals surface area contributed by atoms with Crippen LogP contribution in [0.5, 0.6) is 0 Å². The number of hydrogen-bond donors (Lipinski definition) is 1. The first-order chi connectivity index (χ1) is 10.1. The fourth-order valence-electron chi connectivity index (χ4n) is 3.63. The second-order valence-corrected chi connectivity index (χ2v) is 7.97. The van der Waals surface area contributed by atoms with Crippen molar-refractivity contribution in [3.05, 3.63) is 21.9 Å².